The van der Waals surface area contributed by atoms with Gasteiger partial charge >= 0.3 is 0 Å². The lowest BCUT2D eigenvalue weighted by molar-refractivity contribution is -0.124. The number of hydrogen-bond acceptors (Lipinski definition) is 4. The summed E-state index contributed by atoms with van der Waals surface area (Å²) in [5, 5.41) is 12.5. The minimum Gasteiger partial charge on any atom is -0.477 e. The van der Waals surface area contributed by atoms with E-state index in [9.17, 15) is 9.90 Å². The number of carbonyl (C=O) groups excluding carboxylic acids is 1. The number of nitrogens with zero attached hydrogens (tertiary/aromatic N) is 1. The van der Waals surface area contributed by atoms with E-state index in [4.69, 9.17) is 4.74 Å². The molecule has 5 nitrogen and oxygen atoms in total. The Balaban J connectivity index is 2.57. The Bertz CT molecular complexity index is 458. The third kappa shape index (κ3) is 5.40. The van der Waals surface area contributed by atoms with Crippen molar-refractivity contribution in [2.24, 2.45) is 0 Å². The zero-order valence-electron chi connectivity index (χ0n) is 12.1. The molecular formula is C15H22N2O3. The van der Waals surface area contributed by atoms with Crippen molar-refractivity contribution >= 4 is 5.91 Å². The van der Waals surface area contributed by atoms with Gasteiger partial charge in [0.15, 0.2) is 0 Å². The Morgan fingerprint density at radius 2 is 2.40 bits per heavy atom. The first kappa shape index (κ1) is 16.2. The van der Waals surface area contributed by atoms with E-state index in [1.807, 2.05) is 13.0 Å². The van der Waals surface area contributed by atoms with E-state index in [-0.39, 0.29) is 12.3 Å². The average molecular weight is 278 g/mol. The molecular weight excluding hydrogens is 256 g/mol. The first-order valence-electron chi connectivity index (χ1n) is 6.68. The van der Waals surface area contributed by atoms with E-state index < -0.39 is 5.60 Å². The molecule has 20 heavy (non-hydrogen) atoms. The Morgan fingerprint density at radius 1 is 1.65 bits per heavy atom. The molecule has 1 heterocycles. The van der Waals surface area contributed by atoms with Gasteiger partial charge in [-0.3, -0.25) is 4.79 Å². The van der Waals surface area contributed by atoms with Crippen LogP contribution < -0.4 is 10.1 Å². The van der Waals surface area contributed by atoms with Gasteiger partial charge in [-0.2, -0.15) is 0 Å². The summed E-state index contributed by atoms with van der Waals surface area (Å²) in [7, 11) is 0. The Labute approximate surface area is 119 Å². The van der Waals surface area contributed by atoms with Gasteiger partial charge in [0.05, 0.1) is 18.6 Å². The van der Waals surface area contributed by atoms with Crippen LogP contribution in [0.1, 0.15) is 32.3 Å². The molecule has 1 aromatic rings. The topological polar surface area (TPSA) is 71.5 Å². The van der Waals surface area contributed by atoms with E-state index in [1.54, 1.807) is 19.2 Å². The maximum atomic E-state index is 11.7. The van der Waals surface area contributed by atoms with Crippen molar-refractivity contribution in [1.29, 1.82) is 0 Å². The number of carbonyl (C=O) groups is 1. The predicted molar refractivity (Wildman–Crippen MR) is 77.3 cm³/mol. The number of ether oxygens (including phenoxy) is 1. The van der Waals surface area contributed by atoms with Crippen LogP contribution in [0.4, 0.5) is 0 Å². The van der Waals surface area contributed by atoms with Gasteiger partial charge in [0.1, 0.15) is 0 Å². The van der Waals surface area contributed by atoms with Crippen LogP contribution in [0.25, 0.3) is 0 Å². The lowest BCUT2D eigenvalue weighted by atomic mass is 10.0. The van der Waals surface area contributed by atoms with Gasteiger partial charge in [0, 0.05) is 18.3 Å². The molecule has 1 rings (SSSR count). The standard InChI is InChI=1S/C15H22N2O3/c1-4-9-20-14-12(7-6-8-16-14)11-17-13(18)10-15(3,19)5-2/h5-8,19H,2,4,9-11H2,1,3H3,(H,17,18). The quantitative estimate of drug-likeness (QED) is 0.711. The first-order chi connectivity index (χ1) is 9.48. The SMILES string of the molecule is C=CC(C)(O)CC(=O)NCc1cccnc1OCCC. The second-order valence-electron chi connectivity index (χ2n) is 4.83. The fourth-order valence-electron chi connectivity index (χ4n) is 1.54. The van der Waals surface area contributed by atoms with Crippen LogP contribution in [-0.2, 0) is 11.3 Å². The highest BCUT2D eigenvalue weighted by Crippen LogP contribution is 2.15. The van der Waals surface area contributed by atoms with Crippen LogP contribution in [-0.4, -0.2) is 28.2 Å². The minimum absolute atomic E-state index is 0.0259. The summed E-state index contributed by atoms with van der Waals surface area (Å²) in [6, 6.07) is 3.64. The summed E-state index contributed by atoms with van der Waals surface area (Å²) in [5.41, 5.74) is -0.381. The van der Waals surface area contributed by atoms with Crippen molar-refractivity contribution in [2.75, 3.05) is 6.61 Å². The van der Waals surface area contributed by atoms with Gasteiger partial charge in [-0.25, -0.2) is 4.98 Å². The van der Waals surface area contributed by atoms with Crippen molar-refractivity contribution in [3.05, 3.63) is 36.5 Å². The molecule has 2 N–H and O–H groups in total. The molecule has 0 aliphatic carbocycles. The molecule has 0 bridgehead atoms. The van der Waals surface area contributed by atoms with Gasteiger partial charge in [-0.05, 0) is 19.4 Å². The van der Waals surface area contributed by atoms with Crippen molar-refractivity contribution < 1.29 is 14.6 Å². The largest absolute Gasteiger partial charge is 0.477 e. The maximum Gasteiger partial charge on any atom is 0.223 e. The van der Waals surface area contributed by atoms with Crippen LogP contribution in [0.3, 0.4) is 0 Å². The molecule has 0 saturated carbocycles. The molecule has 1 unspecified atom stereocenters. The molecule has 5 heteroatoms. The molecule has 0 aliphatic rings. The van der Waals surface area contributed by atoms with Crippen LogP contribution in [0.15, 0.2) is 31.0 Å². The molecule has 0 radical (unpaired) electrons. The zero-order valence-corrected chi connectivity index (χ0v) is 12.1. The molecule has 1 atom stereocenters. The Morgan fingerprint density at radius 3 is 3.05 bits per heavy atom. The van der Waals surface area contributed by atoms with Crippen molar-refractivity contribution in [3.8, 4) is 5.88 Å². The van der Waals surface area contributed by atoms with Crippen molar-refractivity contribution in [3.63, 3.8) is 0 Å². The number of amides is 1. The second kappa shape index (κ2) is 7.65. The number of nitrogens with one attached hydrogen (secondary N) is 1. The van der Waals surface area contributed by atoms with Gasteiger partial charge in [0.25, 0.3) is 0 Å². The van der Waals surface area contributed by atoms with Crippen LogP contribution >= 0.6 is 0 Å². The predicted octanol–water partition coefficient (Wildman–Crippen LogP) is 1.81. The number of aliphatic hydroxyl groups is 1. The number of pyridine rings is 1. The summed E-state index contributed by atoms with van der Waals surface area (Å²) in [6.45, 7) is 7.95. The highest BCUT2D eigenvalue weighted by Gasteiger charge is 2.20. The summed E-state index contributed by atoms with van der Waals surface area (Å²) < 4.78 is 5.51. The van der Waals surface area contributed by atoms with Crippen molar-refractivity contribution in [1.82, 2.24) is 10.3 Å². The zero-order chi connectivity index (χ0) is 15.0. The molecule has 0 fully saturated rings. The van der Waals surface area contributed by atoms with Crippen molar-refractivity contribution in [2.45, 2.75) is 38.8 Å². The highest BCUT2D eigenvalue weighted by atomic mass is 16.5. The van der Waals surface area contributed by atoms with Gasteiger partial charge in [-0.1, -0.05) is 19.1 Å². The summed E-state index contributed by atoms with van der Waals surface area (Å²) >= 11 is 0. The summed E-state index contributed by atoms with van der Waals surface area (Å²) in [5.74, 6) is 0.283. The van der Waals surface area contributed by atoms with Crippen LogP contribution in [0.5, 0.6) is 5.88 Å². The molecule has 0 saturated heterocycles. The number of hydrogen-bond donors (Lipinski definition) is 2. The monoisotopic (exact) mass is 278 g/mol. The fraction of sp³-hybridized carbons (Fsp3) is 0.467. The maximum absolute atomic E-state index is 11.7. The van der Waals surface area contributed by atoms with E-state index in [1.165, 1.54) is 6.08 Å². The van der Waals surface area contributed by atoms with Crippen LogP contribution in [0.2, 0.25) is 0 Å². The number of rotatable bonds is 8. The molecule has 0 aliphatic heterocycles. The first-order valence-corrected chi connectivity index (χ1v) is 6.68. The third-order valence-corrected chi connectivity index (χ3v) is 2.73. The molecule has 0 spiro atoms. The smallest absolute Gasteiger partial charge is 0.223 e. The van der Waals surface area contributed by atoms with Crippen LogP contribution in [0, 0.1) is 0 Å². The normalized spacial score (nSPS) is 13.3. The molecule has 1 amide bonds. The lowest BCUT2D eigenvalue weighted by Crippen LogP contribution is -2.32. The molecule has 0 aromatic carbocycles. The average Bonchev–Trinajstić information content (AvgIpc) is 2.43. The molecule has 1 aromatic heterocycles. The number of aromatic nitrogens is 1. The molecule has 110 valence electrons. The third-order valence-electron chi connectivity index (χ3n) is 2.73. The van der Waals surface area contributed by atoms with E-state index >= 15 is 0 Å². The summed E-state index contributed by atoms with van der Waals surface area (Å²) in [6.07, 6.45) is 3.87. The Kier molecular flexibility index (Phi) is 6.18. The Hall–Kier alpha value is -1.88. The minimum atomic E-state index is -1.19. The van der Waals surface area contributed by atoms with Gasteiger partial charge in [-0.15, -0.1) is 6.58 Å². The second-order valence-corrected chi connectivity index (χ2v) is 4.83. The summed E-state index contributed by atoms with van der Waals surface area (Å²) in [4.78, 5) is 15.9. The van der Waals surface area contributed by atoms with E-state index in [0.717, 1.165) is 12.0 Å². The van der Waals surface area contributed by atoms with Gasteiger partial charge in [0.2, 0.25) is 11.8 Å². The highest BCUT2D eigenvalue weighted by molar-refractivity contribution is 5.77. The fourth-order valence-corrected chi connectivity index (χ4v) is 1.54. The lowest BCUT2D eigenvalue weighted by Gasteiger charge is -2.17. The van der Waals surface area contributed by atoms with E-state index in [0.29, 0.717) is 19.0 Å². The van der Waals surface area contributed by atoms with E-state index in [2.05, 4.69) is 16.9 Å². The van der Waals surface area contributed by atoms with Gasteiger partial charge < -0.3 is 15.2 Å².